The summed E-state index contributed by atoms with van der Waals surface area (Å²) in [5, 5.41) is 5.02. The van der Waals surface area contributed by atoms with E-state index in [9.17, 15) is 0 Å². The molecule has 4 amide bonds. The van der Waals surface area contributed by atoms with Crippen LogP contribution < -0.4 is 18.9 Å². The van der Waals surface area contributed by atoms with Gasteiger partial charge >= 0.3 is 0 Å². The summed E-state index contributed by atoms with van der Waals surface area (Å²) < 4.78 is 28.1. The number of nitrogens with zero attached hydrogens (tertiary/aromatic N) is 2. The maximum atomic E-state index is 15.5. The zero-order valence-electron chi connectivity index (χ0n) is 43.4. The molecule has 0 N–H and O–H groups in total. The molecule has 2 atom stereocenters. The van der Waals surface area contributed by atoms with Gasteiger partial charge in [-0.2, -0.15) is 0 Å². The molecule has 396 valence electrons. The van der Waals surface area contributed by atoms with Gasteiger partial charge < -0.3 is 18.9 Å². The van der Waals surface area contributed by atoms with Crippen molar-refractivity contribution >= 4 is 113 Å². The molecule has 9 aromatic carbocycles. The van der Waals surface area contributed by atoms with Gasteiger partial charge in [-0.1, -0.05) is 113 Å². The Kier molecular flexibility index (Phi) is 14.9. The van der Waals surface area contributed by atoms with E-state index in [0.717, 1.165) is 51.4 Å². The van der Waals surface area contributed by atoms with Crippen LogP contribution in [0.25, 0.3) is 43.1 Å². The Balaban J connectivity index is 1.34. The van der Waals surface area contributed by atoms with Crippen molar-refractivity contribution in [1.29, 1.82) is 0 Å². The van der Waals surface area contributed by atoms with Gasteiger partial charge in [0.1, 0.15) is 46.0 Å². The van der Waals surface area contributed by atoms with Gasteiger partial charge in [-0.15, -0.1) is 0 Å². The Hall–Kier alpha value is -7.08. The van der Waals surface area contributed by atoms with E-state index in [1.807, 2.05) is 0 Å². The highest BCUT2D eigenvalue weighted by Gasteiger charge is 2.42. The molecule has 14 heteroatoms. The summed E-state index contributed by atoms with van der Waals surface area (Å²) in [4.78, 5) is 64.6. The van der Waals surface area contributed by atoms with Gasteiger partial charge in [-0.3, -0.25) is 29.0 Å². The number of halogens is 4. The van der Waals surface area contributed by atoms with Crippen LogP contribution in [-0.2, 0) is 0 Å². The molecule has 2 aliphatic heterocycles. The zero-order chi connectivity index (χ0) is 54.5. The first-order chi connectivity index (χ1) is 37.8. The van der Waals surface area contributed by atoms with E-state index in [2.05, 4.69) is 27.7 Å². The minimum absolute atomic E-state index is 0.0408. The smallest absolute Gasteiger partial charge is 0.261 e. The van der Waals surface area contributed by atoms with Gasteiger partial charge in [-0.05, 0) is 146 Å². The number of hydrogen-bond acceptors (Lipinski definition) is 8. The fraction of sp³-hybridized carbons (Fsp3) is 0.250. The summed E-state index contributed by atoms with van der Waals surface area (Å²) >= 11 is 25.8. The molecule has 9 aromatic rings. The third-order valence-corrected chi connectivity index (χ3v) is 16.2. The lowest BCUT2D eigenvalue weighted by atomic mass is 9.80. The van der Waals surface area contributed by atoms with Crippen molar-refractivity contribution in [3.05, 3.63) is 164 Å². The number of unbranched alkanes of at least 4 members (excludes halogenated alkanes) is 2. The number of rotatable bonds is 20. The summed E-state index contributed by atoms with van der Waals surface area (Å²) in [6, 6.07) is 34.1. The minimum atomic E-state index is -0.487. The Morgan fingerprint density at radius 1 is 0.359 bits per heavy atom. The molecule has 2 unspecified atom stereocenters. The van der Waals surface area contributed by atoms with Crippen LogP contribution >= 0.6 is 46.4 Å². The second kappa shape index (κ2) is 22.0. The molecule has 0 fully saturated rings. The van der Waals surface area contributed by atoms with E-state index in [-0.39, 0.29) is 70.2 Å². The molecule has 2 heterocycles. The van der Waals surface area contributed by atoms with Crippen LogP contribution in [0.2, 0.25) is 20.1 Å². The standard InChI is InChI=1S/C64H54Cl4N2O8/c1-5-9-11-35(7-3)33-69-61(71)45-29-49(75-41-21-13-37(65)14-22-41)55-57-51(77-43-25-17-39(67)18-26-43)31-47-54-48(64(74)70(63(47)73)34-36(8-4)12-10-6-2)32-52(78-44-27-19-40(68)20-28-44)58(60(54)57)56-50(76-42-23-15-38(66)16-24-42)30-46(62(69)72)53(45)59(55)56/h13-32,35-36H,5-12,33-34H2,1-4H3. The van der Waals surface area contributed by atoms with Gasteiger partial charge in [0.2, 0.25) is 0 Å². The first-order valence-electron chi connectivity index (χ1n) is 26.6. The van der Waals surface area contributed by atoms with Crippen LogP contribution in [0, 0.1) is 11.8 Å². The molecule has 0 saturated heterocycles. The lowest BCUT2D eigenvalue weighted by molar-refractivity contribution is 0.0565. The molecule has 78 heavy (non-hydrogen) atoms. The van der Waals surface area contributed by atoms with E-state index in [4.69, 9.17) is 65.4 Å². The molecule has 0 radical (unpaired) electrons. The van der Waals surface area contributed by atoms with E-state index >= 15 is 19.2 Å². The summed E-state index contributed by atoms with van der Waals surface area (Å²) in [5.41, 5.74) is 0.892. The molecule has 11 rings (SSSR count). The van der Waals surface area contributed by atoms with Crippen LogP contribution in [0.15, 0.2) is 121 Å². The second-order valence-electron chi connectivity index (χ2n) is 20.2. The number of benzene rings is 9. The lowest BCUT2D eigenvalue weighted by Crippen LogP contribution is -2.43. The van der Waals surface area contributed by atoms with Crippen molar-refractivity contribution in [2.45, 2.75) is 79.1 Å². The van der Waals surface area contributed by atoms with Crippen molar-refractivity contribution in [2.75, 3.05) is 13.1 Å². The predicted molar refractivity (Wildman–Crippen MR) is 311 cm³/mol. The molecular formula is C64H54Cl4N2O8. The average molecular weight is 1120 g/mol. The molecule has 0 aromatic heterocycles. The van der Waals surface area contributed by atoms with Crippen LogP contribution in [0.3, 0.4) is 0 Å². The third kappa shape index (κ3) is 9.71. The number of fused-ring (bicyclic) bond motifs is 2. The molecule has 0 aliphatic carbocycles. The van der Waals surface area contributed by atoms with Crippen LogP contribution in [0.4, 0.5) is 0 Å². The van der Waals surface area contributed by atoms with Gasteiger partial charge in [-0.25, -0.2) is 0 Å². The third-order valence-electron chi connectivity index (χ3n) is 15.2. The van der Waals surface area contributed by atoms with Gasteiger partial charge in [0, 0.05) is 76.3 Å². The summed E-state index contributed by atoms with van der Waals surface area (Å²) in [7, 11) is 0. The number of ether oxygens (including phenoxy) is 4. The van der Waals surface area contributed by atoms with Crippen molar-refractivity contribution < 1.29 is 38.1 Å². The van der Waals surface area contributed by atoms with Crippen molar-refractivity contribution in [2.24, 2.45) is 11.8 Å². The van der Waals surface area contributed by atoms with E-state index in [1.54, 1.807) is 121 Å². The average Bonchev–Trinajstić information content (AvgIpc) is 3.63. The molecule has 10 nitrogen and oxygen atoms in total. The van der Waals surface area contributed by atoms with E-state index in [1.165, 1.54) is 9.80 Å². The number of hydrogen-bond donors (Lipinski definition) is 0. The Morgan fingerprint density at radius 2 is 0.603 bits per heavy atom. The number of imide groups is 2. The minimum Gasteiger partial charge on any atom is -0.457 e. The van der Waals surface area contributed by atoms with E-state index in [0.29, 0.717) is 86.2 Å². The highest BCUT2D eigenvalue weighted by molar-refractivity contribution is 6.45. The van der Waals surface area contributed by atoms with Crippen LogP contribution in [0.5, 0.6) is 46.0 Å². The molecule has 0 bridgehead atoms. The van der Waals surface area contributed by atoms with Gasteiger partial charge in [0.05, 0.1) is 22.3 Å². The largest absolute Gasteiger partial charge is 0.457 e. The molecule has 0 spiro atoms. The summed E-state index contributed by atoms with van der Waals surface area (Å²) in [6.45, 7) is 8.78. The topological polar surface area (TPSA) is 112 Å². The molecule has 0 saturated carbocycles. The highest BCUT2D eigenvalue weighted by atomic mass is 35.5. The lowest BCUT2D eigenvalue weighted by Gasteiger charge is -2.34. The first kappa shape index (κ1) is 52.9. The highest BCUT2D eigenvalue weighted by Crippen LogP contribution is 2.58. The van der Waals surface area contributed by atoms with Crippen molar-refractivity contribution in [1.82, 2.24) is 9.80 Å². The quantitative estimate of drug-likeness (QED) is 0.0421. The zero-order valence-corrected chi connectivity index (χ0v) is 46.5. The van der Waals surface area contributed by atoms with E-state index < -0.39 is 23.6 Å². The van der Waals surface area contributed by atoms with Gasteiger partial charge in [0.25, 0.3) is 23.6 Å². The maximum absolute atomic E-state index is 15.5. The number of amides is 4. The monoisotopic (exact) mass is 1120 g/mol. The number of carbonyl (C=O) groups excluding carboxylic acids is 4. The molecule has 2 aliphatic rings. The fourth-order valence-corrected chi connectivity index (χ4v) is 11.6. The summed E-state index contributed by atoms with van der Waals surface area (Å²) in [6.07, 6.45) is 6.98. The Morgan fingerprint density at radius 3 is 0.821 bits per heavy atom. The first-order valence-corrected chi connectivity index (χ1v) is 28.1. The van der Waals surface area contributed by atoms with Gasteiger partial charge in [0.15, 0.2) is 0 Å². The normalized spacial score (nSPS) is 14.1. The van der Waals surface area contributed by atoms with Crippen molar-refractivity contribution in [3.63, 3.8) is 0 Å². The number of carbonyl (C=O) groups is 4. The maximum Gasteiger partial charge on any atom is 0.261 e. The molecular weight excluding hydrogens is 1070 g/mol. The fourth-order valence-electron chi connectivity index (χ4n) is 11.1. The van der Waals surface area contributed by atoms with Crippen LogP contribution in [-0.4, -0.2) is 46.5 Å². The van der Waals surface area contributed by atoms with Crippen LogP contribution in [0.1, 0.15) is 120 Å². The van der Waals surface area contributed by atoms with Crippen molar-refractivity contribution in [3.8, 4) is 46.0 Å². The Bertz CT molecular complexity index is 3350. The predicted octanol–water partition coefficient (Wildman–Crippen LogP) is 19.1. The SMILES string of the molecule is CCCCC(CC)CN1C(=O)c2cc(Oc3ccc(Cl)cc3)c3c4c(Oc5ccc(Cl)cc5)cc5c6c(cc(Oc7ccc(Cl)cc7)c(c7c(Oc8ccc(Cl)cc8)cc(c2c37)C1=O)c64)C(=O)N(CC(CC)CCCC)C5=O. The summed E-state index contributed by atoms with van der Waals surface area (Å²) in [5.74, 6) is 0.504. The Labute approximate surface area is 471 Å². The second-order valence-corrected chi connectivity index (χ2v) is 21.9.